The Kier molecular flexibility index (Phi) is 6.55. The molecule has 2 aromatic carbocycles. The molecule has 1 aromatic heterocycles. The number of benzene rings is 2. The summed E-state index contributed by atoms with van der Waals surface area (Å²) in [4.78, 5) is 14.9. The van der Waals surface area contributed by atoms with Crippen LogP contribution in [0.1, 0.15) is 61.2 Å². The van der Waals surface area contributed by atoms with Crippen LogP contribution in [-0.4, -0.2) is 16.3 Å². The Bertz CT molecular complexity index is 911. The molecule has 0 aliphatic carbocycles. The molecule has 0 fully saturated rings. The second-order valence-electron chi connectivity index (χ2n) is 8.38. The lowest BCUT2D eigenvalue weighted by atomic mass is 10.0. The predicted molar refractivity (Wildman–Crippen MR) is 116 cm³/mol. The Morgan fingerprint density at radius 2 is 1.55 bits per heavy atom. The van der Waals surface area contributed by atoms with Gasteiger partial charge in [0.1, 0.15) is 5.76 Å². The number of nitrogens with zero attached hydrogens (tertiary/aromatic N) is 1. The van der Waals surface area contributed by atoms with Crippen LogP contribution in [0, 0.1) is 0 Å². The first kappa shape index (κ1) is 20.9. The average Bonchev–Trinajstić information content (AvgIpc) is 3.17. The molecule has 152 valence electrons. The summed E-state index contributed by atoms with van der Waals surface area (Å²) in [7, 11) is 0. The van der Waals surface area contributed by atoms with Crippen molar-refractivity contribution in [1.82, 2.24) is 10.2 Å². The molecule has 0 radical (unpaired) electrons. The zero-order chi connectivity index (χ0) is 20.9. The van der Waals surface area contributed by atoms with Crippen molar-refractivity contribution in [3.8, 4) is 0 Å². The molecule has 0 aliphatic rings. The standard InChI is InChI=1S/C25H30N2O2/c1-19(21-13-9-6-10-14-21)26-24(28)23-16-15-22(29-23)18-27(25(2,3)4)17-20-11-7-5-8-12-20/h5-16,19H,17-18H2,1-4H3,(H,26,28). The van der Waals surface area contributed by atoms with Gasteiger partial charge in [0, 0.05) is 12.1 Å². The van der Waals surface area contributed by atoms with Crippen LogP contribution in [0.4, 0.5) is 0 Å². The highest BCUT2D eigenvalue weighted by Crippen LogP contribution is 2.22. The van der Waals surface area contributed by atoms with Gasteiger partial charge in [0.05, 0.1) is 12.6 Å². The molecule has 0 saturated carbocycles. The minimum atomic E-state index is -0.196. The first-order chi connectivity index (χ1) is 13.8. The van der Waals surface area contributed by atoms with Gasteiger partial charge in [-0.25, -0.2) is 0 Å². The summed E-state index contributed by atoms with van der Waals surface area (Å²) in [6.07, 6.45) is 0. The van der Waals surface area contributed by atoms with Gasteiger partial charge < -0.3 is 9.73 Å². The fourth-order valence-electron chi connectivity index (χ4n) is 3.20. The van der Waals surface area contributed by atoms with Crippen LogP contribution in [0.25, 0.3) is 0 Å². The lowest BCUT2D eigenvalue weighted by Crippen LogP contribution is -2.40. The van der Waals surface area contributed by atoms with Crippen molar-refractivity contribution >= 4 is 5.91 Å². The second kappa shape index (κ2) is 9.10. The maximum Gasteiger partial charge on any atom is 0.287 e. The van der Waals surface area contributed by atoms with Crippen LogP contribution in [-0.2, 0) is 13.1 Å². The fourth-order valence-corrected chi connectivity index (χ4v) is 3.20. The van der Waals surface area contributed by atoms with Crippen LogP contribution < -0.4 is 5.32 Å². The van der Waals surface area contributed by atoms with Crippen molar-refractivity contribution in [2.24, 2.45) is 0 Å². The first-order valence-corrected chi connectivity index (χ1v) is 10.1. The molecular weight excluding hydrogens is 360 g/mol. The van der Waals surface area contributed by atoms with Crippen molar-refractivity contribution in [3.05, 3.63) is 95.4 Å². The van der Waals surface area contributed by atoms with Gasteiger partial charge in [-0.05, 0) is 51.0 Å². The molecule has 3 rings (SSSR count). The van der Waals surface area contributed by atoms with Gasteiger partial charge in [-0.1, -0.05) is 60.7 Å². The maximum absolute atomic E-state index is 12.6. The summed E-state index contributed by atoms with van der Waals surface area (Å²) in [5.74, 6) is 0.933. The van der Waals surface area contributed by atoms with Crippen LogP contribution in [0.3, 0.4) is 0 Å². The Balaban J connectivity index is 1.66. The van der Waals surface area contributed by atoms with E-state index < -0.39 is 0 Å². The summed E-state index contributed by atoms with van der Waals surface area (Å²) in [6, 6.07) is 23.9. The lowest BCUT2D eigenvalue weighted by molar-refractivity contribution is 0.0893. The predicted octanol–water partition coefficient (Wildman–Crippen LogP) is 5.57. The summed E-state index contributed by atoms with van der Waals surface area (Å²) in [6.45, 7) is 9.99. The third-order valence-corrected chi connectivity index (χ3v) is 5.04. The highest BCUT2D eigenvalue weighted by Gasteiger charge is 2.23. The third kappa shape index (κ3) is 5.81. The Hall–Kier alpha value is -2.85. The summed E-state index contributed by atoms with van der Waals surface area (Å²) >= 11 is 0. The highest BCUT2D eigenvalue weighted by molar-refractivity contribution is 5.91. The largest absolute Gasteiger partial charge is 0.455 e. The van der Waals surface area contributed by atoms with E-state index in [2.05, 4.69) is 55.3 Å². The summed E-state index contributed by atoms with van der Waals surface area (Å²) in [5.41, 5.74) is 2.28. The van der Waals surface area contributed by atoms with E-state index in [9.17, 15) is 4.79 Å². The maximum atomic E-state index is 12.6. The van der Waals surface area contributed by atoms with E-state index in [1.165, 1.54) is 5.56 Å². The van der Waals surface area contributed by atoms with Gasteiger partial charge in [0.15, 0.2) is 5.76 Å². The number of rotatable bonds is 7. The Morgan fingerprint density at radius 1 is 0.931 bits per heavy atom. The van der Waals surface area contributed by atoms with Crippen molar-refractivity contribution in [2.45, 2.75) is 52.4 Å². The van der Waals surface area contributed by atoms with E-state index in [1.54, 1.807) is 6.07 Å². The van der Waals surface area contributed by atoms with Crippen molar-refractivity contribution in [1.29, 1.82) is 0 Å². The van der Waals surface area contributed by atoms with E-state index in [4.69, 9.17) is 4.42 Å². The smallest absolute Gasteiger partial charge is 0.287 e. The molecule has 0 spiro atoms. The monoisotopic (exact) mass is 390 g/mol. The minimum Gasteiger partial charge on any atom is -0.455 e. The quantitative estimate of drug-likeness (QED) is 0.573. The molecular formula is C25H30N2O2. The Labute approximate surface area is 173 Å². The zero-order valence-electron chi connectivity index (χ0n) is 17.7. The van der Waals surface area contributed by atoms with Gasteiger partial charge in [0.2, 0.25) is 0 Å². The van der Waals surface area contributed by atoms with Crippen molar-refractivity contribution in [2.75, 3.05) is 0 Å². The molecule has 1 heterocycles. The molecule has 0 saturated heterocycles. The van der Waals surface area contributed by atoms with Gasteiger partial charge in [0.25, 0.3) is 5.91 Å². The van der Waals surface area contributed by atoms with E-state index >= 15 is 0 Å². The molecule has 0 bridgehead atoms. The van der Waals surface area contributed by atoms with E-state index in [0.29, 0.717) is 12.3 Å². The van der Waals surface area contributed by atoms with Crippen LogP contribution in [0.5, 0.6) is 0 Å². The molecule has 1 N–H and O–H groups in total. The normalized spacial score (nSPS) is 12.7. The topological polar surface area (TPSA) is 45.5 Å². The van der Waals surface area contributed by atoms with Gasteiger partial charge in [-0.3, -0.25) is 9.69 Å². The zero-order valence-corrected chi connectivity index (χ0v) is 17.7. The Morgan fingerprint density at radius 3 is 2.17 bits per heavy atom. The van der Waals surface area contributed by atoms with Gasteiger partial charge in [-0.15, -0.1) is 0 Å². The SMILES string of the molecule is CC(NC(=O)c1ccc(CN(Cc2ccccc2)C(C)(C)C)o1)c1ccccc1. The van der Waals surface area contributed by atoms with E-state index in [1.807, 2.05) is 49.4 Å². The lowest BCUT2D eigenvalue weighted by Gasteiger charge is -2.35. The molecule has 1 unspecified atom stereocenters. The van der Waals surface area contributed by atoms with Crippen molar-refractivity contribution in [3.63, 3.8) is 0 Å². The number of carbonyl (C=O) groups is 1. The van der Waals surface area contributed by atoms with E-state index in [-0.39, 0.29) is 17.5 Å². The van der Waals surface area contributed by atoms with Gasteiger partial charge >= 0.3 is 0 Å². The number of nitrogens with one attached hydrogen (secondary N) is 1. The van der Waals surface area contributed by atoms with Crippen LogP contribution in [0.15, 0.2) is 77.2 Å². The molecule has 3 aromatic rings. The van der Waals surface area contributed by atoms with Crippen LogP contribution >= 0.6 is 0 Å². The molecule has 4 nitrogen and oxygen atoms in total. The third-order valence-electron chi connectivity index (χ3n) is 5.04. The molecule has 0 aliphatic heterocycles. The number of carbonyl (C=O) groups excluding carboxylic acids is 1. The highest BCUT2D eigenvalue weighted by atomic mass is 16.4. The summed E-state index contributed by atoms with van der Waals surface area (Å²) in [5, 5.41) is 3.00. The number of furan rings is 1. The summed E-state index contributed by atoms with van der Waals surface area (Å²) < 4.78 is 5.89. The number of hydrogen-bond acceptors (Lipinski definition) is 3. The first-order valence-electron chi connectivity index (χ1n) is 10.1. The van der Waals surface area contributed by atoms with E-state index in [0.717, 1.165) is 17.9 Å². The average molecular weight is 391 g/mol. The number of hydrogen-bond donors (Lipinski definition) is 1. The van der Waals surface area contributed by atoms with Gasteiger partial charge in [-0.2, -0.15) is 0 Å². The molecule has 1 atom stereocenters. The number of amides is 1. The molecule has 29 heavy (non-hydrogen) atoms. The second-order valence-corrected chi connectivity index (χ2v) is 8.38. The van der Waals surface area contributed by atoms with Crippen molar-refractivity contribution < 1.29 is 9.21 Å². The molecule has 4 heteroatoms. The fraction of sp³-hybridized carbons (Fsp3) is 0.320. The molecule has 1 amide bonds. The van der Waals surface area contributed by atoms with Crippen LogP contribution in [0.2, 0.25) is 0 Å². The minimum absolute atomic E-state index is 0.0348.